The molecule has 0 amide bonds. The minimum atomic E-state index is -0.413. The van der Waals surface area contributed by atoms with Crippen LogP contribution >= 0.6 is 11.3 Å². The van der Waals surface area contributed by atoms with E-state index in [4.69, 9.17) is 4.74 Å². The van der Waals surface area contributed by atoms with Crippen molar-refractivity contribution in [1.82, 2.24) is 14.7 Å². The minimum absolute atomic E-state index is 0.241. The Kier molecular flexibility index (Phi) is 4.93. The number of ether oxygens (including phenoxy) is 1. The molecule has 0 aromatic carbocycles. The average molecular weight is 321 g/mol. The van der Waals surface area contributed by atoms with Gasteiger partial charge in [0, 0.05) is 42.8 Å². The molecule has 2 atom stereocenters. The fourth-order valence-corrected chi connectivity index (χ4v) is 3.72. The van der Waals surface area contributed by atoms with Crippen molar-refractivity contribution >= 4 is 11.3 Å². The first-order chi connectivity index (χ1) is 10.6. The molecule has 0 spiro atoms. The molecule has 6 heteroatoms. The topological polar surface area (TPSA) is 50.5 Å². The highest BCUT2D eigenvalue weighted by Gasteiger charge is 2.27. The predicted octanol–water partition coefficient (Wildman–Crippen LogP) is 2.11. The van der Waals surface area contributed by atoms with E-state index in [0.717, 1.165) is 30.3 Å². The second-order valence-electron chi connectivity index (χ2n) is 5.88. The van der Waals surface area contributed by atoms with E-state index in [9.17, 15) is 5.11 Å². The zero-order valence-corrected chi connectivity index (χ0v) is 13.9. The Morgan fingerprint density at radius 2 is 2.41 bits per heavy atom. The summed E-state index contributed by atoms with van der Waals surface area (Å²) < 4.78 is 7.50. The largest absolute Gasteiger partial charge is 0.388 e. The quantitative estimate of drug-likeness (QED) is 0.916. The second-order valence-corrected chi connectivity index (χ2v) is 6.86. The summed E-state index contributed by atoms with van der Waals surface area (Å²) in [6.07, 6.45) is 2.38. The lowest BCUT2D eigenvalue weighted by molar-refractivity contribution is -0.0297. The van der Waals surface area contributed by atoms with Gasteiger partial charge in [0.05, 0.1) is 25.0 Å². The lowest BCUT2D eigenvalue weighted by atomic mass is 10.0. The highest BCUT2D eigenvalue weighted by molar-refractivity contribution is 7.10. The van der Waals surface area contributed by atoms with Crippen molar-refractivity contribution in [1.29, 1.82) is 0 Å². The SMILES string of the molecule is Cc1nn(C)cc1CN1CCOCC1CC(O)c1cccs1. The maximum absolute atomic E-state index is 10.4. The molecule has 1 aliphatic rings. The van der Waals surface area contributed by atoms with Crippen LogP contribution in [0.5, 0.6) is 0 Å². The highest BCUT2D eigenvalue weighted by atomic mass is 32.1. The first-order valence-electron chi connectivity index (χ1n) is 7.66. The normalized spacial score (nSPS) is 21.1. The van der Waals surface area contributed by atoms with Gasteiger partial charge in [0.2, 0.25) is 0 Å². The van der Waals surface area contributed by atoms with Gasteiger partial charge in [-0.15, -0.1) is 11.3 Å². The number of aryl methyl sites for hydroxylation is 2. The van der Waals surface area contributed by atoms with Crippen LogP contribution in [0, 0.1) is 6.92 Å². The van der Waals surface area contributed by atoms with Crippen LogP contribution in [0.15, 0.2) is 23.7 Å². The minimum Gasteiger partial charge on any atom is -0.388 e. The highest BCUT2D eigenvalue weighted by Crippen LogP contribution is 2.26. The maximum atomic E-state index is 10.4. The van der Waals surface area contributed by atoms with Gasteiger partial charge < -0.3 is 9.84 Å². The summed E-state index contributed by atoms with van der Waals surface area (Å²) in [6.45, 7) is 5.25. The summed E-state index contributed by atoms with van der Waals surface area (Å²) in [6, 6.07) is 4.22. The zero-order chi connectivity index (χ0) is 15.5. The zero-order valence-electron chi connectivity index (χ0n) is 13.1. The Morgan fingerprint density at radius 3 is 3.09 bits per heavy atom. The van der Waals surface area contributed by atoms with Crippen molar-refractivity contribution in [2.75, 3.05) is 19.8 Å². The molecule has 22 heavy (non-hydrogen) atoms. The molecule has 0 saturated carbocycles. The molecule has 2 unspecified atom stereocenters. The van der Waals surface area contributed by atoms with Gasteiger partial charge in [-0.05, 0) is 24.8 Å². The summed E-state index contributed by atoms with van der Waals surface area (Å²) in [7, 11) is 1.95. The smallest absolute Gasteiger partial charge is 0.0897 e. The molecule has 3 heterocycles. The van der Waals surface area contributed by atoms with Crippen LogP contribution in [0.3, 0.4) is 0 Å². The van der Waals surface area contributed by atoms with Crippen molar-refractivity contribution in [3.05, 3.63) is 39.8 Å². The van der Waals surface area contributed by atoms with Crippen LogP contribution in [0.1, 0.15) is 28.7 Å². The Bertz CT molecular complexity index is 597. The van der Waals surface area contributed by atoms with Crippen molar-refractivity contribution in [2.24, 2.45) is 7.05 Å². The van der Waals surface area contributed by atoms with Gasteiger partial charge in [-0.3, -0.25) is 9.58 Å². The van der Waals surface area contributed by atoms with Crippen molar-refractivity contribution in [3.63, 3.8) is 0 Å². The molecule has 1 fully saturated rings. The van der Waals surface area contributed by atoms with Gasteiger partial charge >= 0.3 is 0 Å². The molecule has 5 nitrogen and oxygen atoms in total. The Morgan fingerprint density at radius 1 is 1.55 bits per heavy atom. The third kappa shape index (κ3) is 3.57. The monoisotopic (exact) mass is 321 g/mol. The third-order valence-corrected chi connectivity index (χ3v) is 5.18. The van der Waals surface area contributed by atoms with E-state index in [1.807, 2.05) is 36.2 Å². The van der Waals surface area contributed by atoms with Crippen LogP contribution in [-0.2, 0) is 18.3 Å². The molecule has 0 aliphatic carbocycles. The molecule has 2 aromatic heterocycles. The van der Waals surface area contributed by atoms with Gasteiger partial charge in [-0.1, -0.05) is 6.07 Å². The second kappa shape index (κ2) is 6.91. The molecule has 1 saturated heterocycles. The lowest BCUT2D eigenvalue weighted by Crippen LogP contribution is -2.45. The van der Waals surface area contributed by atoms with Crippen molar-refractivity contribution in [3.8, 4) is 0 Å². The van der Waals surface area contributed by atoms with E-state index in [1.54, 1.807) is 11.3 Å². The standard InChI is InChI=1S/C16H23N3O2S/c1-12-13(9-18(2)17-12)10-19-5-6-21-11-14(19)8-15(20)16-4-3-7-22-16/h3-4,7,9,14-15,20H,5-6,8,10-11H2,1-2H3. The number of aromatic nitrogens is 2. The predicted molar refractivity (Wildman–Crippen MR) is 86.9 cm³/mol. The summed E-state index contributed by atoms with van der Waals surface area (Å²) in [5.41, 5.74) is 2.33. The molecule has 0 radical (unpaired) electrons. The number of aliphatic hydroxyl groups is 1. The number of rotatable bonds is 5. The van der Waals surface area contributed by atoms with Gasteiger partial charge in [-0.25, -0.2) is 0 Å². The van der Waals surface area contributed by atoms with Gasteiger partial charge in [0.25, 0.3) is 0 Å². The van der Waals surface area contributed by atoms with E-state index < -0.39 is 6.10 Å². The summed E-state index contributed by atoms with van der Waals surface area (Å²) in [4.78, 5) is 3.44. The number of hydrogen-bond donors (Lipinski definition) is 1. The average Bonchev–Trinajstić information content (AvgIpc) is 3.11. The van der Waals surface area contributed by atoms with Crippen LogP contribution in [0.2, 0.25) is 0 Å². The van der Waals surface area contributed by atoms with E-state index in [-0.39, 0.29) is 6.04 Å². The Balaban J connectivity index is 1.67. The fourth-order valence-electron chi connectivity index (χ4n) is 2.99. The van der Waals surface area contributed by atoms with Crippen molar-refractivity contribution < 1.29 is 9.84 Å². The molecular weight excluding hydrogens is 298 g/mol. The maximum Gasteiger partial charge on any atom is 0.0897 e. The Hall–Kier alpha value is -1.21. The van der Waals surface area contributed by atoms with Crippen molar-refractivity contribution in [2.45, 2.75) is 32.0 Å². The molecule has 120 valence electrons. The molecule has 2 aromatic rings. The summed E-state index contributed by atoms with van der Waals surface area (Å²) >= 11 is 1.61. The number of aliphatic hydroxyl groups excluding tert-OH is 1. The van der Waals surface area contributed by atoms with Crippen LogP contribution < -0.4 is 0 Å². The first-order valence-corrected chi connectivity index (χ1v) is 8.54. The lowest BCUT2D eigenvalue weighted by Gasteiger charge is -2.36. The number of morpholine rings is 1. The number of hydrogen-bond acceptors (Lipinski definition) is 5. The third-order valence-electron chi connectivity index (χ3n) is 4.20. The molecule has 1 aliphatic heterocycles. The molecule has 0 bridgehead atoms. The van der Waals surface area contributed by atoms with Gasteiger partial charge in [0.1, 0.15) is 0 Å². The first kappa shape index (κ1) is 15.7. The summed E-state index contributed by atoms with van der Waals surface area (Å²) in [5.74, 6) is 0. The van der Waals surface area contributed by atoms with Gasteiger partial charge in [-0.2, -0.15) is 5.10 Å². The van der Waals surface area contributed by atoms with E-state index in [1.165, 1.54) is 5.56 Å². The number of nitrogens with zero attached hydrogens (tertiary/aromatic N) is 3. The van der Waals surface area contributed by atoms with E-state index >= 15 is 0 Å². The fraction of sp³-hybridized carbons (Fsp3) is 0.562. The Labute approximate surface area is 135 Å². The number of thiophene rings is 1. The van der Waals surface area contributed by atoms with Gasteiger partial charge in [0.15, 0.2) is 0 Å². The van der Waals surface area contributed by atoms with Crippen LogP contribution in [-0.4, -0.2) is 45.6 Å². The molecular formula is C16H23N3O2S. The van der Waals surface area contributed by atoms with E-state index in [0.29, 0.717) is 13.0 Å². The molecule has 1 N–H and O–H groups in total. The van der Waals surface area contributed by atoms with Crippen LogP contribution in [0.4, 0.5) is 0 Å². The van der Waals surface area contributed by atoms with Crippen LogP contribution in [0.25, 0.3) is 0 Å². The summed E-state index contributed by atoms with van der Waals surface area (Å²) in [5, 5.41) is 16.8. The van der Waals surface area contributed by atoms with E-state index in [2.05, 4.69) is 16.2 Å². The molecule has 3 rings (SSSR count).